The lowest BCUT2D eigenvalue weighted by Crippen LogP contribution is -2.50. The number of hydrogen-bond donors (Lipinski definition) is 4. The largest absolute Gasteiger partial charge is 0.490 e. The normalized spacial score (nSPS) is 21.8. The van der Waals surface area contributed by atoms with Crippen molar-refractivity contribution in [3.05, 3.63) is 0 Å². The lowest BCUT2D eigenvalue weighted by Gasteiger charge is -2.28. The Morgan fingerprint density at radius 1 is 1.36 bits per heavy atom. The van der Waals surface area contributed by atoms with Crippen LogP contribution in [0.15, 0.2) is 0 Å². The van der Waals surface area contributed by atoms with Crippen LogP contribution in [0.3, 0.4) is 0 Å². The molecule has 2 atom stereocenters. The summed E-state index contributed by atoms with van der Waals surface area (Å²) in [6, 6.07) is -0.676. The molecule has 0 aromatic heterocycles. The second-order valence-corrected chi connectivity index (χ2v) is 6.10. The van der Waals surface area contributed by atoms with Crippen LogP contribution >= 0.6 is 0 Å². The number of hydrogen-bond acceptors (Lipinski definition) is 5. The number of primary amides is 1. The minimum atomic E-state index is -5.08. The zero-order chi connectivity index (χ0) is 20.0. The summed E-state index contributed by atoms with van der Waals surface area (Å²) in [5.41, 5.74) is 3.78. The Balaban J connectivity index is 0.000000697. The summed E-state index contributed by atoms with van der Waals surface area (Å²) in [4.78, 5) is 33.8. The van der Waals surface area contributed by atoms with E-state index >= 15 is 0 Å². The van der Waals surface area contributed by atoms with Gasteiger partial charge in [0.1, 0.15) is 11.6 Å². The third-order valence-corrected chi connectivity index (χ3v) is 3.59. The molecule has 0 bridgehead atoms. The van der Waals surface area contributed by atoms with Crippen LogP contribution in [0.1, 0.15) is 33.1 Å². The molecule has 2 amide bonds. The van der Waals surface area contributed by atoms with Gasteiger partial charge in [0, 0.05) is 26.0 Å². The highest BCUT2D eigenvalue weighted by atomic mass is 19.4. The topological polar surface area (TPSA) is 141 Å². The molecule has 25 heavy (non-hydrogen) atoms. The molecular weight excluding hydrogens is 349 g/mol. The summed E-state index contributed by atoms with van der Waals surface area (Å²) in [6.45, 7) is 3.92. The predicted octanol–water partition coefficient (Wildman–Crippen LogP) is -0.134. The van der Waals surface area contributed by atoms with Gasteiger partial charge < -0.3 is 26.0 Å². The fourth-order valence-corrected chi connectivity index (χ4v) is 2.34. The molecule has 1 saturated heterocycles. The molecule has 1 fully saturated rings. The number of carboxylic acids is 1. The number of nitrogens with two attached hydrogens (primary N) is 1. The number of likely N-dealkylation sites (tertiary alicyclic amines) is 1. The fourth-order valence-electron chi connectivity index (χ4n) is 2.34. The van der Waals surface area contributed by atoms with Crippen molar-refractivity contribution in [3.63, 3.8) is 0 Å². The van der Waals surface area contributed by atoms with E-state index in [0.29, 0.717) is 13.0 Å². The molecular formula is C14H23F3N2O6. The van der Waals surface area contributed by atoms with Gasteiger partial charge in [-0.3, -0.25) is 9.59 Å². The molecule has 2 unspecified atom stereocenters. The first-order chi connectivity index (χ1) is 11.3. The summed E-state index contributed by atoms with van der Waals surface area (Å²) in [7, 11) is 0. The van der Waals surface area contributed by atoms with Crippen molar-refractivity contribution < 1.29 is 42.9 Å². The smallest absolute Gasteiger partial charge is 0.475 e. The van der Waals surface area contributed by atoms with Crippen molar-refractivity contribution in [2.45, 2.75) is 50.9 Å². The van der Waals surface area contributed by atoms with Gasteiger partial charge in [-0.1, -0.05) is 13.8 Å². The maximum absolute atomic E-state index is 12.1. The first-order valence-electron chi connectivity index (χ1n) is 7.50. The Kier molecular flexibility index (Phi) is 8.32. The maximum atomic E-state index is 12.1. The van der Waals surface area contributed by atoms with E-state index < -0.39 is 35.6 Å². The van der Waals surface area contributed by atoms with Crippen molar-refractivity contribution in [2.75, 3.05) is 13.2 Å². The van der Waals surface area contributed by atoms with E-state index in [1.807, 2.05) is 13.8 Å². The molecule has 0 aromatic rings. The molecule has 8 nitrogen and oxygen atoms in total. The predicted molar refractivity (Wildman–Crippen MR) is 79.1 cm³/mol. The second-order valence-electron chi connectivity index (χ2n) is 6.10. The summed E-state index contributed by atoms with van der Waals surface area (Å²) >= 11 is 0. The fraction of sp³-hybridized carbons (Fsp3) is 0.786. The van der Waals surface area contributed by atoms with Gasteiger partial charge in [-0.15, -0.1) is 0 Å². The number of aliphatic hydroxyl groups excluding tert-OH is 1. The van der Waals surface area contributed by atoms with E-state index in [0.717, 1.165) is 0 Å². The molecule has 11 heteroatoms. The van der Waals surface area contributed by atoms with E-state index in [2.05, 4.69) is 0 Å². The minimum absolute atomic E-state index is 0.00447. The van der Waals surface area contributed by atoms with Crippen molar-refractivity contribution >= 4 is 17.8 Å². The Morgan fingerprint density at radius 3 is 2.16 bits per heavy atom. The van der Waals surface area contributed by atoms with Gasteiger partial charge in [0.25, 0.3) is 5.91 Å². The average molecular weight is 372 g/mol. The molecule has 1 aliphatic rings. The number of halogens is 3. The number of carbonyl (C=O) groups excluding carboxylic acids is 2. The summed E-state index contributed by atoms with van der Waals surface area (Å²) in [5.74, 6) is -3.58. The Morgan fingerprint density at radius 2 is 1.84 bits per heavy atom. The van der Waals surface area contributed by atoms with Crippen molar-refractivity contribution in [2.24, 2.45) is 11.7 Å². The van der Waals surface area contributed by atoms with Crippen LogP contribution in [-0.4, -0.2) is 69.0 Å². The Labute approximate surface area is 142 Å². The van der Waals surface area contributed by atoms with Crippen molar-refractivity contribution in [1.29, 1.82) is 0 Å². The number of carbonyl (C=O) groups is 3. The van der Waals surface area contributed by atoms with Crippen LogP contribution in [0.2, 0.25) is 0 Å². The van der Waals surface area contributed by atoms with Gasteiger partial charge >= 0.3 is 12.1 Å². The van der Waals surface area contributed by atoms with Gasteiger partial charge in [-0.25, -0.2) is 4.79 Å². The second kappa shape index (κ2) is 8.99. The van der Waals surface area contributed by atoms with E-state index in [1.54, 1.807) is 0 Å². The Bertz CT molecular complexity index is 497. The van der Waals surface area contributed by atoms with Crippen LogP contribution in [0.4, 0.5) is 13.2 Å². The van der Waals surface area contributed by atoms with Crippen LogP contribution in [0.5, 0.6) is 0 Å². The molecule has 1 heterocycles. The molecule has 1 aliphatic heterocycles. The highest BCUT2D eigenvalue weighted by molar-refractivity contribution is 5.92. The van der Waals surface area contributed by atoms with Crippen molar-refractivity contribution in [1.82, 2.24) is 4.90 Å². The Hall–Kier alpha value is -1.88. The van der Waals surface area contributed by atoms with Crippen LogP contribution < -0.4 is 5.73 Å². The number of alkyl halides is 3. The molecule has 0 spiro atoms. The van der Waals surface area contributed by atoms with E-state index in [1.165, 1.54) is 4.90 Å². The minimum Gasteiger partial charge on any atom is -0.475 e. The van der Waals surface area contributed by atoms with Gasteiger partial charge in [0.2, 0.25) is 5.91 Å². The van der Waals surface area contributed by atoms with Crippen LogP contribution in [0, 0.1) is 5.92 Å². The zero-order valence-electron chi connectivity index (χ0n) is 13.9. The van der Waals surface area contributed by atoms with Gasteiger partial charge in [0.05, 0.1) is 0 Å². The first kappa shape index (κ1) is 23.1. The summed E-state index contributed by atoms with van der Waals surface area (Å²) in [5, 5.41) is 26.1. The van der Waals surface area contributed by atoms with Crippen molar-refractivity contribution in [3.8, 4) is 0 Å². The molecule has 5 N–H and O–H groups in total. The van der Waals surface area contributed by atoms with Gasteiger partial charge in [-0.05, 0) is 12.3 Å². The zero-order valence-corrected chi connectivity index (χ0v) is 13.9. The van der Waals surface area contributed by atoms with E-state index in [-0.39, 0.29) is 25.4 Å². The molecule has 0 aliphatic carbocycles. The number of amides is 2. The monoisotopic (exact) mass is 372 g/mol. The third kappa shape index (κ3) is 6.86. The molecule has 0 saturated carbocycles. The van der Waals surface area contributed by atoms with Gasteiger partial charge in [0.15, 0.2) is 0 Å². The first-order valence-corrected chi connectivity index (χ1v) is 7.50. The molecule has 1 rings (SSSR count). The summed E-state index contributed by atoms with van der Waals surface area (Å²) < 4.78 is 31.7. The molecule has 0 radical (unpaired) electrons. The lowest BCUT2D eigenvalue weighted by molar-refractivity contribution is -0.192. The van der Waals surface area contributed by atoms with Crippen LogP contribution in [-0.2, 0) is 14.4 Å². The quantitative estimate of drug-likeness (QED) is 0.512. The average Bonchev–Trinajstić information content (AvgIpc) is 2.72. The number of rotatable bonds is 6. The highest BCUT2D eigenvalue weighted by Crippen LogP contribution is 2.29. The van der Waals surface area contributed by atoms with Crippen LogP contribution in [0.25, 0.3) is 0 Å². The summed E-state index contributed by atoms with van der Waals surface area (Å²) in [6.07, 6.45) is -4.37. The maximum Gasteiger partial charge on any atom is 0.490 e. The lowest BCUT2D eigenvalue weighted by atomic mass is 9.98. The van der Waals surface area contributed by atoms with E-state index in [4.69, 9.17) is 20.7 Å². The standard InChI is InChI=1S/C12H22N2O4.C2HF3O2/c1-8(2)7-9(10(13)16)14-5-3-12(18,4-6-15)11(14)17;3-2(4,5)1(6)7/h8-9,15,18H,3-7H2,1-2H3,(H2,13,16);(H,6,7). The number of nitrogens with zero attached hydrogens (tertiary/aromatic N) is 1. The number of aliphatic hydroxyl groups is 2. The third-order valence-electron chi connectivity index (χ3n) is 3.59. The van der Waals surface area contributed by atoms with E-state index in [9.17, 15) is 27.9 Å². The molecule has 0 aromatic carbocycles. The number of aliphatic carboxylic acids is 1. The van der Waals surface area contributed by atoms with Gasteiger partial charge in [-0.2, -0.15) is 13.2 Å². The number of carboxylic acid groups (broad SMARTS) is 1. The highest BCUT2D eigenvalue weighted by Gasteiger charge is 2.47. The molecule has 146 valence electrons. The SMILES string of the molecule is CC(C)CC(C(N)=O)N1CCC(O)(CCO)C1=O.O=C(O)C(F)(F)F.